The van der Waals surface area contributed by atoms with Crippen molar-refractivity contribution in [1.29, 1.82) is 0 Å². The minimum Gasteiger partial charge on any atom is -0.496 e. The number of rotatable bonds is 5. The molecule has 8 heteroatoms. The first-order valence-corrected chi connectivity index (χ1v) is 8.75. The molecule has 1 fully saturated rings. The normalized spacial score (nSPS) is 17.9. The second kappa shape index (κ2) is 9.12. The lowest BCUT2D eigenvalue weighted by Crippen LogP contribution is -2.56. The molecule has 1 heterocycles. The van der Waals surface area contributed by atoms with E-state index in [9.17, 15) is 13.2 Å². The van der Waals surface area contributed by atoms with Gasteiger partial charge in [0.05, 0.1) is 7.11 Å². The molecule has 0 aliphatic carbocycles. The van der Waals surface area contributed by atoms with Crippen LogP contribution >= 0.6 is 0 Å². The molecule has 1 saturated heterocycles. The Morgan fingerprint density at radius 1 is 1.23 bits per heavy atom. The van der Waals surface area contributed by atoms with Gasteiger partial charge in [0.15, 0.2) is 5.96 Å². The molecule has 0 bridgehead atoms. The number of piperazine rings is 1. The van der Waals surface area contributed by atoms with E-state index in [-0.39, 0.29) is 0 Å². The summed E-state index contributed by atoms with van der Waals surface area (Å²) in [6, 6.07) is 6.42. The minimum atomic E-state index is -4.18. The van der Waals surface area contributed by atoms with Crippen LogP contribution in [0.3, 0.4) is 0 Å². The maximum absolute atomic E-state index is 12.8. The van der Waals surface area contributed by atoms with Crippen LogP contribution in [0.15, 0.2) is 29.3 Å². The number of ether oxygens (including phenoxy) is 1. The zero-order valence-electron chi connectivity index (χ0n) is 15.5. The van der Waals surface area contributed by atoms with E-state index in [2.05, 4.69) is 10.3 Å². The lowest BCUT2D eigenvalue weighted by Gasteiger charge is -2.39. The number of nitrogens with zero attached hydrogens (tertiary/aromatic N) is 3. The molecule has 146 valence electrons. The number of aliphatic imine (C=N–C) groups is 1. The molecule has 0 amide bonds. The Bertz CT molecular complexity index is 598. The summed E-state index contributed by atoms with van der Waals surface area (Å²) in [7, 11) is 3.34. The summed E-state index contributed by atoms with van der Waals surface area (Å²) in [6.45, 7) is 3.67. The van der Waals surface area contributed by atoms with Crippen molar-refractivity contribution < 1.29 is 17.9 Å². The Morgan fingerprint density at radius 2 is 1.88 bits per heavy atom. The van der Waals surface area contributed by atoms with Crippen molar-refractivity contribution in [2.45, 2.75) is 25.6 Å². The second-order valence-electron chi connectivity index (χ2n) is 6.28. The van der Waals surface area contributed by atoms with E-state index in [1.807, 2.05) is 29.2 Å². The third kappa shape index (κ3) is 5.27. The molecular formula is C18H27F3N4O. The van der Waals surface area contributed by atoms with Crippen molar-refractivity contribution in [2.75, 3.05) is 46.9 Å². The van der Waals surface area contributed by atoms with Gasteiger partial charge < -0.3 is 15.0 Å². The molecule has 1 aliphatic rings. The fourth-order valence-corrected chi connectivity index (χ4v) is 3.08. The first-order valence-electron chi connectivity index (χ1n) is 8.75. The molecule has 1 aromatic carbocycles. The highest BCUT2D eigenvalue weighted by Gasteiger charge is 2.41. The van der Waals surface area contributed by atoms with Crippen molar-refractivity contribution in [3.8, 4) is 5.75 Å². The summed E-state index contributed by atoms with van der Waals surface area (Å²) in [4.78, 5) is 7.74. The number of hydrogen-bond donors (Lipinski definition) is 1. The van der Waals surface area contributed by atoms with Crippen LogP contribution in [0.2, 0.25) is 0 Å². The number of alkyl halides is 3. The predicted molar refractivity (Wildman–Crippen MR) is 96.7 cm³/mol. The van der Waals surface area contributed by atoms with Gasteiger partial charge in [0.25, 0.3) is 0 Å². The van der Waals surface area contributed by atoms with Crippen LogP contribution in [0.5, 0.6) is 5.75 Å². The van der Waals surface area contributed by atoms with Crippen LogP contribution in [-0.4, -0.2) is 74.9 Å². The molecule has 0 radical (unpaired) electrons. The molecule has 1 atom stereocenters. The Kier molecular flexibility index (Phi) is 7.14. The van der Waals surface area contributed by atoms with Crippen LogP contribution in [-0.2, 0) is 6.42 Å². The fourth-order valence-electron chi connectivity index (χ4n) is 3.08. The van der Waals surface area contributed by atoms with Gasteiger partial charge in [-0.05, 0) is 25.0 Å². The average Bonchev–Trinajstić information content (AvgIpc) is 2.64. The second-order valence-corrected chi connectivity index (χ2v) is 6.28. The van der Waals surface area contributed by atoms with Crippen LogP contribution in [0, 0.1) is 0 Å². The Labute approximate surface area is 152 Å². The largest absolute Gasteiger partial charge is 0.496 e. The van der Waals surface area contributed by atoms with Crippen molar-refractivity contribution >= 4 is 5.96 Å². The van der Waals surface area contributed by atoms with Crippen LogP contribution in [0.4, 0.5) is 13.2 Å². The number of para-hydroxylation sites is 1. The number of nitrogens with one attached hydrogen (secondary N) is 1. The molecule has 26 heavy (non-hydrogen) atoms. The molecule has 0 saturated carbocycles. The molecule has 2 rings (SSSR count). The molecule has 5 nitrogen and oxygen atoms in total. The number of benzene rings is 1. The number of guanidine groups is 1. The summed E-state index contributed by atoms with van der Waals surface area (Å²) in [5.41, 5.74) is 1.10. The van der Waals surface area contributed by atoms with Crippen LogP contribution in [0.25, 0.3) is 0 Å². The van der Waals surface area contributed by atoms with Gasteiger partial charge in [0, 0.05) is 39.8 Å². The Balaban J connectivity index is 1.83. The zero-order chi connectivity index (χ0) is 19.2. The van der Waals surface area contributed by atoms with E-state index in [1.165, 1.54) is 11.8 Å². The van der Waals surface area contributed by atoms with Crippen LogP contribution in [0.1, 0.15) is 12.5 Å². The van der Waals surface area contributed by atoms with Crippen molar-refractivity contribution in [3.05, 3.63) is 29.8 Å². The quantitative estimate of drug-likeness (QED) is 0.636. The standard InChI is InChI=1S/C18H27F3N4O/c1-14(18(19,20)21)24-10-12-25(13-11-24)17(22-2)23-9-8-15-6-4-5-7-16(15)26-3/h4-7,14H,8-13H2,1-3H3,(H,22,23). The predicted octanol–water partition coefficient (Wildman–Crippen LogP) is 2.38. The number of hydrogen-bond acceptors (Lipinski definition) is 3. The number of halogens is 3. The summed E-state index contributed by atoms with van der Waals surface area (Å²) in [6.07, 6.45) is -3.41. The summed E-state index contributed by atoms with van der Waals surface area (Å²) in [5, 5.41) is 3.29. The zero-order valence-corrected chi connectivity index (χ0v) is 15.5. The third-order valence-electron chi connectivity index (χ3n) is 4.72. The topological polar surface area (TPSA) is 40.1 Å². The molecule has 1 aliphatic heterocycles. The van der Waals surface area contributed by atoms with E-state index in [0.29, 0.717) is 32.7 Å². The monoisotopic (exact) mass is 372 g/mol. The average molecular weight is 372 g/mol. The molecule has 1 unspecified atom stereocenters. The van der Waals surface area contributed by atoms with E-state index in [4.69, 9.17) is 4.74 Å². The molecule has 1 aromatic rings. The van der Waals surface area contributed by atoms with Gasteiger partial charge >= 0.3 is 6.18 Å². The highest BCUT2D eigenvalue weighted by atomic mass is 19.4. The van der Waals surface area contributed by atoms with E-state index in [0.717, 1.165) is 23.7 Å². The highest BCUT2D eigenvalue weighted by molar-refractivity contribution is 5.80. The maximum Gasteiger partial charge on any atom is 0.403 e. The van der Waals surface area contributed by atoms with Gasteiger partial charge in [-0.2, -0.15) is 13.2 Å². The molecule has 1 N–H and O–H groups in total. The first-order chi connectivity index (χ1) is 12.4. The van der Waals surface area contributed by atoms with Gasteiger partial charge in [-0.15, -0.1) is 0 Å². The van der Waals surface area contributed by atoms with Crippen molar-refractivity contribution in [2.24, 2.45) is 4.99 Å². The van der Waals surface area contributed by atoms with Gasteiger partial charge in [-0.3, -0.25) is 9.89 Å². The van der Waals surface area contributed by atoms with Crippen LogP contribution < -0.4 is 10.1 Å². The number of methoxy groups -OCH3 is 1. The fraction of sp³-hybridized carbons (Fsp3) is 0.611. The first kappa shape index (κ1) is 20.4. The third-order valence-corrected chi connectivity index (χ3v) is 4.72. The summed E-state index contributed by atoms with van der Waals surface area (Å²) >= 11 is 0. The van der Waals surface area contributed by atoms with Gasteiger partial charge in [0.1, 0.15) is 11.8 Å². The van der Waals surface area contributed by atoms with Gasteiger partial charge in [0.2, 0.25) is 0 Å². The SMILES string of the molecule is CN=C(NCCc1ccccc1OC)N1CCN(C(C)C(F)(F)F)CC1. The Morgan fingerprint density at radius 3 is 2.46 bits per heavy atom. The lowest BCUT2D eigenvalue weighted by atomic mass is 10.1. The highest BCUT2D eigenvalue weighted by Crippen LogP contribution is 2.25. The minimum absolute atomic E-state index is 0.369. The van der Waals surface area contributed by atoms with E-state index in [1.54, 1.807) is 14.2 Å². The van der Waals surface area contributed by atoms with E-state index >= 15 is 0 Å². The van der Waals surface area contributed by atoms with Crippen molar-refractivity contribution in [1.82, 2.24) is 15.1 Å². The summed E-state index contributed by atoms with van der Waals surface area (Å²) < 4.78 is 43.9. The van der Waals surface area contributed by atoms with Gasteiger partial charge in [-0.25, -0.2) is 0 Å². The molecular weight excluding hydrogens is 345 g/mol. The van der Waals surface area contributed by atoms with Gasteiger partial charge in [-0.1, -0.05) is 18.2 Å². The van der Waals surface area contributed by atoms with E-state index < -0.39 is 12.2 Å². The maximum atomic E-state index is 12.8. The molecule has 0 aromatic heterocycles. The van der Waals surface area contributed by atoms with Crippen molar-refractivity contribution in [3.63, 3.8) is 0 Å². The smallest absolute Gasteiger partial charge is 0.403 e. The lowest BCUT2D eigenvalue weighted by molar-refractivity contribution is -0.181. The molecule has 0 spiro atoms. The Hall–Kier alpha value is -1.96. The summed E-state index contributed by atoms with van der Waals surface area (Å²) in [5.74, 6) is 1.57.